The van der Waals surface area contributed by atoms with Crippen molar-refractivity contribution in [2.45, 2.75) is 13.0 Å². The van der Waals surface area contributed by atoms with Gasteiger partial charge in [0.05, 0.1) is 21.7 Å². The first-order chi connectivity index (χ1) is 13.6. The molecule has 28 heavy (non-hydrogen) atoms. The summed E-state index contributed by atoms with van der Waals surface area (Å²) in [5.74, 6) is 0.0821. The molecule has 4 rings (SSSR count). The van der Waals surface area contributed by atoms with Gasteiger partial charge in [0.2, 0.25) is 5.91 Å². The normalized spacial score (nSPS) is 14.6. The Kier molecular flexibility index (Phi) is 5.13. The van der Waals surface area contributed by atoms with Gasteiger partial charge in [-0.15, -0.1) is 0 Å². The van der Waals surface area contributed by atoms with Crippen molar-refractivity contribution in [1.29, 1.82) is 0 Å². The number of aromatic nitrogens is 2. The SMILES string of the molecule is Cn1c(=O)n(CCC(=O)N2CCN(c3ccccc3Cl)CC2)c2ccccc21. The molecule has 0 bridgehead atoms. The third-order valence-electron chi connectivity index (χ3n) is 5.43. The number of amides is 1. The lowest BCUT2D eigenvalue weighted by Gasteiger charge is -2.36. The molecule has 1 aliphatic rings. The molecule has 146 valence electrons. The van der Waals surface area contributed by atoms with Crippen molar-refractivity contribution in [3.8, 4) is 0 Å². The molecule has 6 nitrogen and oxygen atoms in total. The third kappa shape index (κ3) is 3.40. The van der Waals surface area contributed by atoms with E-state index in [1.165, 1.54) is 0 Å². The average molecular weight is 399 g/mol. The number of para-hydroxylation sites is 3. The lowest BCUT2D eigenvalue weighted by atomic mass is 10.2. The van der Waals surface area contributed by atoms with Gasteiger partial charge in [-0.2, -0.15) is 0 Å². The molecule has 2 aromatic carbocycles. The molecule has 0 N–H and O–H groups in total. The van der Waals surface area contributed by atoms with Gasteiger partial charge >= 0.3 is 5.69 Å². The lowest BCUT2D eigenvalue weighted by molar-refractivity contribution is -0.131. The standard InChI is InChI=1S/C21H23ClN4O2/c1-23-18-8-4-5-9-19(18)26(21(23)28)11-10-20(27)25-14-12-24(13-15-25)17-7-3-2-6-16(17)22/h2-9H,10-15H2,1H3. The van der Waals surface area contributed by atoms with Crippen molar-refractivity contribution in [1.82, 2.24) is 14.0 Å². The molecule has 1 fully saturated rings. The van der Waals surface area contributed by atoms with Gasteiger partial charge in [-0.1, -0.05) is 35.9 Å². The summed E-state index contributed by atoms with van der Waals surface area (Å²) in [5.41, 5.74) is 2.68. The van der Waals surface area contributed by atoms with Crippen molar-refractivity contribution in [2.24, 2.45) is 7.05 Å². The van der Waals surface area contributed by atoms with Crippen molar-refractivity contribution in [2.75, 3.05) is 31.1 Å². The van der Waals surface area contributed by atoms with Crippen LogP contribution < -0.4 is 10.6 Å². The number of anilines is 1. The Morgan fingerprint density at radius 1 is 0.964 bits per heavy atom. The van der Waals surface area contributed by atoms with E-state index in [9.17, 15) is 9.59 Å². The maximum atomic E-state index is 12.7. The Balaban J connectivity index is 1.39. The zero-order chi connectivity index (χ0) is 19.7. The van der Waals surface area contributed by atoms with Crippen LogP contribution in [0.5, 0.6) is 0 Å². The molecule has 0 aliphatic carbocycles. The number of aryl methyl sites for hydroxylation is 2. The third-order valence-corrected chi connectivity index (χ3v) is 5.75. The van der Waals surface area contributed by atoms with Crippen LogP contribution in [0.1, 0.15) is 6.42 Å². The second kappa shape index (κ2) is 7.72. The molecule has 1 amide bonds. The molecular formula is C21H23ClN4O2. The molecule has 7 heteroatoms. The Morgan fingerprint density at radius 2 is 1.61 bits per heavy atom. The van der Waals surface area contributed by atoms with Crippen LogP contribution in [-0.4, -0.2) is 46.1 Å². The highest BCUT2D eigenvalue weighted by molar-refractivity contribution is 6.33. The Morgan fingerprint density at radius 3 is 2.32 bits per heavy atom. The summed E-state index contributed by atoms with van der Waals surface area (Å²) in [7, 11) is 1.76. The minimum Gasteiger partial charge on any atom is -0.367 e. The van der Waals surface area contributed by atoms with E-state index in [-0.39, 0.29) is 11.6 Å². The molecule has 0 spiro atoms. The predicted octanol–water partition coefficient (Wildman–Crippen LogP) is 2.73. The highest BCUT2D eigenvalue weighted by atomic mass is 35.5. The average Bonchev–Trinajstić information content (AvgIpc) is 2.97. The Labute approximate surface area is 168 Å². The number of carbonyl (C=O) groups excluding carboxylic acids is 1. The van der Waals surface area contributed by atoms with E-state index >= 15 is 0 Å². The first-order valence-corrected chi connectivity index (χ1v) is 9.85. The summed E-state index contributed by atoms with van der Waals surface area (Å²) in [5, 5.41) is 0.734. The number of piperazine rings is 1. The molecule has 1 aliphatic heterocycles. The molecule has 0 radical (unpaired) electrons. The van der Waals surface area contributed by atoms with Crippen molar-refractivity contribution >= 4 is 34.2 Å². The van der Waals surface area contributed by atoms with Gasteiger partial charge in [-0.05, 0) is 24.3 Å². The van der Waals surface area contributed by atoms with Crippen LogP contribution in [0.15, 0.2) is 53.3 Å². The quantitative estimate of drug-likeness (QED) is 0.679. The van der Waals surface area contributed by atoms with E-state index < -0.39 is 0 Å². The monoisotopic (exact) mass is 398 g/mol. The molecule has 3 aromatic rings. The highest BCUT2D eigenvalue weighted by Crippen LogP contribution is 2.26. The Hall–Kier alpha value is -2.73. The highest BCUT2D eigenvalue weighted by Gasteiger charge is 2.22. The fraction of sp³-hybridized carbons (Fsp3) is 0.333. The summed E-state index contributed by atoms with van der Waals surface area (Å²) in [6.45, 7) is 3.22. The number of imidazole rings is 1. The van der Waals surface area contributed by atoms with Gasteiger partial charge in [-0.3, -0.25) is 13.9 Å². The van der Waals surface area contributed by atoms with Gasteiger partial charge in [0.1, 0.15) is 0 Å². The fourth-order valence-corrected chi connectivity index (χ4v) is 4.11. The number of halogens is 1. The minimum absolute atomic E-state index is 0.0821. The zero-order valence-corrected chi connectivity index (χ0v) is 16.6. The largest absolute Gasteiger partial charge is 0.367 e. The van der Waals surface area contributed by atoms with Crippen LogP contribution in [0.2, 0.25) is 5.02 Å². The first kappa shape index (κ1) is 18.6. The van der Waals surface area contributed by atoms with E-state index in [0.29, 0.717) is 26.1 Å². The predicted molar refractivity (Wildman–Crippen MR) is 112 cm³/mol. The number of rotatable bonds is 4. The number of benzene rings is 2. The molecule has 1 saturated heterocycles. The van der Waals surface area contributed by atoms with Gasteiger partial charge in [0, 0.05) is 46.2 Å². The van der Waals surface area contributed by atoms with Crippen LogP contribution in [0.25, 0.3) is 11.0 Å². The number of nitrogens with zero attached hydrogens (tertiary/aromatic N) is 4. The smallest absolute Gasteiger partial charge is 0.328 e. The van der Waals surface area contributed by atoms with Crippen LogP contribution in [0, 0.1) is 0 Å². The molecular weight excluding hydrogens is 376 g/mol. The van der Waals surface area contributed by atoms with E-state index in [4.69, 9.17) is 11.6 Å². The van der Waals surface area contributed by atoms with E-state index in [2.05, 4.69) is 4.90 Å². The fourth-order valence-electron chi connectivity index (χ4n) is 3.85. The van der Waals surface area contributed by atoms with Gasteiger partial charge < -0.3 is 9.80 Å². The lowest BCUT2D eigenvalue weighted by Crippen LogP contribution is -2.49. The van der Waals surface area contributed by atoms with Crippen molar-refractivity contribution in [3.05, 3.63) is 64.0 Å². The summed E-state index contributed by atoms with van der Waals surface area (Å²) < 4.78 is 3.31. The van der Waals surface area contributed by atoms with Crippen LogP contribution in [0.4, 0.5) is 5.69 Å². The second-order valence-electron chi connectivity index (χ2n) is 7.05. The molecule has 2 heterocycles. The molecule has 1 aromatic heterocycles. The molecule has 0 atom stereocenters. The summed E-state index contributed by atoms with van der Waals surface area (Å²) >= 11 is 6.28. The molecule has 0 saturated carbocycles. The van der Waals surface area contributed by atoms with Gasteiger partial charge in [0.25, 0.3) is 0 Å². The number of hydrogen-bond donors (Lipinski definition) is 0. The number of carbonyl (C=O) groups is 1. The van der Waals surface area contributed by atoms with Gasteiger partial charge in [-0.25, -0.2) is 4.79 Å². The van der Waals surface area contributed by atoms with Crippen LogP contribution >= 0.6 is 11.6 Å². The van der Waals surface area contributed by atoms with Crippen molar-refractivity contribution < 1.29 is 4.79 Å². The minimum atomic E-state index is -0.0856. The van der Waals surface area contributed by atoms with E-state index in [1.807, 2.05) is 53.4 Å². The van der Waals surface area contributed by atoms with E-state index in [1.54, 1.807) is 16.2 Å². The topological polar surface area (TPSA) is 50.5 Å². The van der Waals surface area contributed by atoms with Crippen molar-refractivity contribution in [3.63, 3.8) is 0 Å². The number of hydrogen-bond acceptors (Lipinski definition) is 3. The van der Waals surface area contributed by atoms with Crippen LogP contribution in [0.3, 0.4) is 0 Å². The molecule has 0 unspecified atom stereocenters. The summed E-state index contributed by atoms with van der Waals surface area (Å²) in [4.78, 5) is 29.3. The Bertz CT molecular complexity index is 1060. The van der Waals surface area contributed by atoms with Gasteiger partial charge in [0.15, 0.2) is 0 Å². The van der Waals surface area contributed by atoms with E-state index in [0.717, 1.165) is 34.8 Å². The zero-order valence-electron chi connectivity index (χ0n) is 15.8. The summed E-state index contributed by atoms with van der Waals surface area (Å²) in [6, 6.07) is 15.4. The number of fused-ring (bicyclic) bond motifs is 1. The first-order valence-electron chi connectivity index (χ1n) is 9.48. The second-order valence-corrected chi connectivity index (χ2v) is 7.46. The summed E-state index contributed by atoms with van der Waals surface area (Å²) in [6.07, 6.45) is 0.319. The maximum absolute atomic E-state index is 12.7. The van der Waals surface area contributed by atoms with Crippen LogP contribution in [-0.2, 0) is 18.4 Å². The maximum Gasteiger partial charge on any atom is 0.328 e.